The maximum Gasteiger partial charge on any atom is 0.472 e. The van der Waals surface area contributed by atoms with Crippen molar-refractivity contribution in [3.05, 3.63) is 24.3 Å². The number of hydrogen-bond acceptors (Lipinski definition) is 12. The molecule has 0 amide bonds. The van der Waals surface area contributed by atoms with Crippen molar-refractivity contribution in [3.63, 3.8) is 0 Å². The van der Waals surface area contributed by atoms with Crippen molar-refractivity contribution < 1.29 is 63.1 Å². The monoisotopic (exact) mass is 849 g/mol. The van der Waals surface area contributed by atoms with Gasteiger partial charge in [0.15, 0.2) is 6.10 Å². The first-order valence-corrected chi connectivity index (χ1v) is 24.1. The van der Waals surface area contributed by atoms with Gasteiger partial charge in [0.1, 0.15) is 43.2 Å². The number of ether oxygens (including phenoxy) is 2. The molecule has 0 radical (unpaired) electrons. The Kier molecular flexibility index (Phi) is 32.8. The van der Waals surface area contributed by atoms with E-state index in [9.17, 15) is 44.6 Å². The van der Waals surface area contributed by atoms with Gasteiger partial charge in [-0.05, 0) is 57.8 Å². The number of rotatable bonds is 37. The lowest BCUT2D eigenvalue weighted by Gasteiger charge is -2.41. The average molecular weight is 849 g/mol. The van der Waals surface area contributed by atoms with Crippen molar-refractivity contribution in [2.45, 2.75) is 230 Å². The fourth-order valence-corrected chi connectivity index (χ4v) is 7.76. The van der Waals surface area contributed by atoms with E-state index in [0.717, 1.165) is 70.6 Å². The zero-order valence-corrected chi connectivity index (χ0v) is 36.7. The highest BCUT2D eigenvalue weighted by Crippen LogP contribution is 2.47. The van der Waals surface area contributed by atoms with E-state index in [0.29, 0.717) is 12.8 Å². The molecule has 0 aromatic carbocycles. The van der Waals surface area contributed by atoms with E-state index in [1.54, 1.807) is 0 Å². The van der Waals surface area contributed by atoms with Crippen LogP contribution in [-0.4, -0.2) is 98.3 Å². The van der Waals surface area contributed by atoms with E-state index in [2.05, 4.69) is 38.2 Å². The predicted octanol–water partition coefficient (Wildman–Crippen LogP) is 8.45. The Morgan fingerprint density at radius 2 is 0.897 bits per heavy atom. The van der Waals surface area contributed by atoms with E-state index in [1.165, 1.54) is 77.0 Å². The molecule has 1 aliphatic carbocycles. The number of esters is 2. The second kappa shape index (κ2) is 35.0. The molecule has 6 unspecified atom stereocenters. The summed E-state index contributed by atoms with van der Waals surface area (Å²) >= 11 is 0. The molecule has 6 atom stereocenters. The fourth-order valence-electron chi connectivity index (χ4n) is 6.79. The van der Waals surface area contributed by atoms with Crippen LogP contribution in [-0.2, 0) is 32.7 Å². The third-order valence-corrected chi connectivity index (χ3v) is 11.5. The maximum absolute atomic E-state index is 12.8. The normalized spacial score (nSPS) is 22.7. The second-order valence-electron chi connectivity index (χ2n) is 15.9. The van der Waals surface area contributed by atoms with E-state index < -0.39 is 75.7 Å². The lowest BCUT2D eigenvalue weighted by molar-refractivity contribution is -0.220. The van der Waals surface area contributed by atoms with Gasteiger partial charge in [-0.3, -0.25) is 18.6 Å². The fraction of sp³-hybridized carbons (Fsp3) is 0.864. The summed E-state index contributed by atoms with van der Waals surface area (Å²) in [4.78, 5) is 35.6. The van der Waals surface area contributed by atoms with Gasteiger partial charge >= 0.3 is 19.8 Å². The van der Waals surface area contributed by atoms with Gasteiger partial charge in [0.05, 0.1) is 6.61 Å². The van der Waals surface area contributed by atoms with Crippen LogP contribution in [0.15, 0.2) is 24.3 Å². The summed E-state index contributed by atoms with van der Waals surface area (Å²) in [5.74, 6) is -1.11. The van der Waals surface area contributed by atoms with Gasteiger partial charge in [0.2, 0.25) is 0 Å². The van der Waals surface area contributed by atoms with Gasteiger partial charge in [0, 0.05) is 12.8 Å². The van der Waals surface area contributed by atoms with Crippen LogP contribution >= 0.6 is 7.82 Å². The molecule has 0 aliphatic heterocycles. The van der Waals surface area contributed by atoms with Crippen molar-refractivity contribution in [2.24, 2.45) is 0 Å². The van der Waals surface area contributed by atoms with Crippen molar-refractivity contribution in [1.82, 2.24) is 0 Å². The van der Waals surface area contributed by atoms with Gasteiger partial charge in [-0.15, -0.1) is 0 Å². The largest absolute Gasteiger partial charge is 0.472 e. The summed E-state index contributed by atoms with van der Waals surface area (Å²) in [6, 6.07) is 0. The molecule has 0 heterocycles. The maximum atomic E-state index is 12.8. The average Bonchev–Trinajstić information content (AvgIpc) is 3.20. The molecule has 1 rings (SSSR count). The van der Waals surface area contributed by atoms with Crippen LogP contribution in [0.25, 0.3) is 0 Å². The zero-order chi connectivity index (χ0) is 42.9. The minimum absolute atomic E-state index is 0.0916. The third-order valence-electron chi connectivity index (χ3n) is 10.5. The molecule has 1 aliphatic rings. The minimum Gasteiger partial charge on any atom is -0.462 e. The molecule has 0 saturated heterocycles. The molecule has 6 N–H and O–H groups in total. The smallest absolute Gasteiger partial charge is 0.462 e. The summed E-state index contributed by atoms with van der Waals surface area (Å²) in [5.41, 5.74) is 0. The van der Waals surface area contributed by atoms with Crippen LogP contribution in [0.3, 0.4) is 0 Å². The van der Waals surface area contributed by atoms with Gasteiger partial charge in [-0.1, -0.05) is 141 Å². The molecule has 1 fully saturated rings. The Morgan fingerprint density at radius 3 is 1.36 bits per heavy atom. The Balaban J connectivity index is 2.45. The van der Waals surface area contributed by atoms with Gasteiger partial charge in [-0.2, -0.15) is 0 Å². The van der Waals surface area contributed by atoms with Crippen LogP contribution < -0.4 is 0 Å². The topological polar surface area (TPSA) is 210 Å². The van der Waals surface area contributed by atoms with Gasteiger partial charge < -0.3 is 39.9 Å². The van der Waals surface area contributed by atoms with Gasteiger partial charge in [-0.25, -0.2) is 4.57 Å². The van der Waals surface area contributed by atoms with Crippen molar-refractivity contribution >= 4 is 19.8 Å². The number of phosphoric acid groups is 1. The summed E-state index contributed by atoms with van der Waals surface area (Å²) < 4.78 is 33.5. The highest BCUT2D eigenvalue weighted by atomic mass is 31.2. The Labute approximate surface area is 349 Å². The van der Waals surface area contributed by atoms with Crippen molar-refractivity contribution in [1.29, 1.82) is 0 Å². The zero-order valence-electron chi connectivity index (χ0n) is 35.8. The molecular weight excluding hydrogens is 767 g/mol. The number of phosphoric ester groups is 1. The van der Waals surface area contributed by atoms with Crippen LogP contribution in [0.5, 0.6) is 0 Å². The van der Waals surface area contributed by atoms with Crippen LogP contribution in [0, 0.1) is 0 Å². The summed E-state index contributed by atoms with van der Waals surface area (Å²) in [6.07, 6.45) is 23.8. The molecule has 0 spiro atoms. The molecule has 14 heteroatoms. The van der Waals surface area contributed by atoms with Crippen LogP contribution in [0.4, 0.5) is 0 Å². The third kappa shape index (κ3) is 27.2. The first kappa shape index (κ1) is 54.3. The first-order chi connectivity index (χ1) is 27.9. The van der Waals surface area contributed by atoms with Crippen molar-refractivity contribution in [2.75, 3.05) is 13.2 Å². The summed E-state index contributed by atoms with van der Waals surface area (Å²) in [5, 5.41) is 50.1. The van der Waals surface area contributed by atoms with Crippen LogP contribution in [0.1, 0.15) is 187 Å². The number of allylic oxidation sites excluding steroid dienone is 4. The van der Waals surface area contributed by atoms with Crippen LogP contribution in [0.2, 0.25) is 0 Å². The first-order valence-electron chi connectivity index (χ1n) is 22.6. The summed E-state index contributed by atoms with van der Waals surface area (Å²) in [7, 11) is -5.11. The summed E-state index contributed by atoms with van der Waals surface area (Å²) in [6.45, 7) is 3.24. The Hall–Kier alpha value is -1.67. The van der Waals surface area contributed by atoms with E-state index in [4.69, 9.17) is 18.5 Å². The minimum atomic E-state index is -5.11. The number of unbranched alkanes of at least 4 members (excludes halogenated alkanes) is 21. The van der Waals surface area contributed by atoms with Gasteiger partial charge in [0.25, 0.3) is 0 Å². The molecule has 58 heavy (non-hydrogen) atoms. The van der Waals surface area contributed by atoms with E-state index in [1.807, 2.05) is 0 Å². The standard InChI is InChI=1S/C44H81O13P/c1-3-5-7-9-11-13-15-16-17-18-19-20-21-23-25-27-29-31-33-38(46)56-36(34-54-37(45)32-30-28-26-24-22-14-12-10-8-6-4-2)35-55-58(52,53)57-44-42(50)40(48)39(47)41(49)43(44)51/h10,12,17-18,36,39-44,47-51H,3-9,11,13-16,19-35H2,1-2H3,(H,52,53)/b12-10-,18-17-. The molecule has 340 valence electrons. The molecular formula is C44H81O13P. The lowest BCUT2D eigenvalue weighted by atomic mass is 9.85. The SMILES string of the molecule is CCCC/C=C\CCCCCCCC(=O)OCC(COP(=O)(O)OC1C(O)C(O)C(O)C(O)C1O)OC(=O)CCCCCCCCC/C=C\CCCCCCCCC. The predicted molar refractivity (Wildman–Crippen MR) is 226 cm³/mol. The Morgan fingerprint density at radius 1 is 0.517 bits per heavy atom. The number of aliphatic hydroxyl groups is 5. The molecule has 0 aromatic rings. The highest BCUT2D eigenvalue weighted by Gasteiger charge is 2.51. The molecule has 1 saturated carbocycles. The highest BCUT2D eigenvalue weighted by molar-refractivity contribution is 7.47. The molecule has 0 aromatic heterocycles. The van der Waals surface area contributed by atoms with Crippen molar-refractivity contribution in [3.8, 4) is 0 Å². The number of carbonyl (C=O) groups excluding carboxylic acids is 2. The number of aliphatic hydroxyl groups excluding tert-OH is 5. The lowest BCUT2D eigenvalue weighted by Crippen LogP contribution is -2.64. The quantitative estimate of drug-likeness (QED) is 0.0150. The molecule has 13 nitrogen and oxygen atoms in total. The Bertz CT molecular complexity index is 1120. The van der Waals surface area contributed by atoms with E-state index >= 15 is 0 Å². The number of hydrogen-bond donors (Lipinski definition) is 6. The molecule has 0 bridgehead atoms. The van der Waals surface area contributed by atoms with E-state index in [-0.39, 0.29) is 12.8 Å². The number of carbonyl (C=O) groups is 2. The second-order valence-corrected chi connectivity index (χ2v) is 17.3.